The maximum Gasteiger partial charge on any atom is 0.331 e. The molecule has 1 aliphatic carbocycles. The SMILES string of the molecule is C=C(C(=O)O)C1CCCC1(C(=O)OC)C(=O)OC. The molecular weight excluding hydrogens is 240 g/mol. The van der Waals surface area contributed by atoms with Crippen LogP contribution in [0.25, 0.3) is 0 Å². The Balaban J connectivity index is 3.24. The largest absolute Gasteiger partial charge is 0.478 e. The van der Waals surface area contributed by atoms with E-state index in [0.717, 1.165) is 14.2 Å². The molecule has 1 saturated carbocycles. The summed E-state index contributed by atoms with van der Waals surface area (Å²) in [7, 11) is 2.32. The fourth-order valence-corrected chi connectivity index (χ4v) is 2.56. The molecule has 6 nitrogen and oxygen atoms in total. The van der Waals surface area contributed by atoms with E-state index in [1.165, 1.54) is 0 Å². The van der Waals surface area contributed by atoms with Crippen LogP contribution in [-0.2, 0) is 23.9 Å². The van der Waals surface area contributed by atoms with E-state index in [2.05, 4.69) is 16.1 Å². The highest BCUT2D eigenvalue weighted by Crippen LogP contribution is 2.48. The van der Waals surface area contributed by atoms with Crippen LogP contribution in [0.15, 0.2) is 12.2 Å². The minimum Gasteiger partial charge on any atom is -0.478 e. The van der Waals surface area contributed by atoms with Crippen molar-refractivity contribution in [1.29, 1.82) is 0 Å². The van der Waals surface area contributed by atoms with Gasteiger partial charge in [0.1, 0.15) is 0 Å². The van der Waals surface area contributed by atoms with E-state index in [4.69, 9.17) is 5.11 Å². The van der Waals surface area contributed by atoms with Crippen LogP contribution in [0.5, 0.6) is 0 Å². The first-order valence-electron chi connectivity index (χ1n) is 5.50. The van der Waals surface area contributed by atoms with Crippen LogP contribution in [0.4, 0.5) is 0 Å². The van der Waals surface area contributed by atoms with Gasteiger partial charge >= 0.3 is 17.9 Å². The molecule has 100 valence electrons. The zero-order valence-corrected chi connectivity index (χ0v) is 10.4. The summed E-state index contributed by atoms with van der Waals surface area (Å²) >= 11 is 0. The first kappa shape index (κ1) is 14.2. The van der Waals surface area contributed by atoms with Crippen molar-refractivity contribution >= 4 is 17.9 Å². The zero-order chi connectivity index (χ0) is 13.9. The van der Waals surface area contributed by atoms with E-state index in [1.807, 2.05) is 0 Å². The second-order valence-electron chi connectivity index (χ2n) is 4.23. The highest BCUT2D eigenvalue weighted by atomic mass is 16.5. The monoisotopic (exact) mass is 256 g/mol. The van der Waals surface area contributed by atoms with Gasteiger partial charge < -0.3 is 14.6 Å². The van der Waals surface area contributed by atoms with Crippen molar-refractivity contribution in [3.05, 3.63) is 12.2 Å². The van der Waals surface area contributed by atoms with Crippen LogP contribution in [-0.4, -0.2) is 37.2 Å². The number of aliphatic carboxylic acids is 1. The van der Waals surface area contributed by atoms with Gasteiger partial charge in [-0.05, 0) is 12.8 Å². The van der Waals surface area contributed by atoms with Crippen LogP contribution >= 0.6 is 0 Å². The standard InChI is InChI=1S/C12H16O6/c1-7(9(13)14)8-5-4-6-12(8,10(15)17-2)11(16)18-3/h8H,1,4-6H2,2-3H3,(H,13,14). The Morgan fingerprint density at radius 2 is 1.72 bits per heavy atom. The summed E-state index contributed by atoms with van der Waals surface area (Å²) in [6.45, 7) is 3.45. The highest BCUT2D eigenvalue weighted by molar-refractivity contribution is 6.03. The molecule has 0 aromatic carbocycles. The number of ether oxygens (including phenoxy) is 2. The average Bonchev–Trinajstić information content (AvgIpc) is 2.81. The van der Waals surface area contributed by atoms with E-state index in [1.54, 1.807) is 0 Å². The van der Waals surface area contributed by atoms with E-state index >= 15 is 0 Å². The lowest BCUT2D eigenvalue weighted by atomic mass is 9.74. The number of esters is 2. The van der Waals surface area contributed by atoms with Crippen LogP contribution in [0.1, 0.15) is 19.3 Å². The summed E-state index contributed by atoms with van der Waals surface area (Å²) in [5.74, 6) is -3.53. The zero-order valence-electron chi connectivity index (χ0n) is 10.4. The summed E-state index contributed by atoms with van der Waals surface area (Å²) in [4.78, 5) is 34.8. The molecule has 1 fully saturated rings. The molecule has 1 rings (SSSR count). The topological polar surface area (TPSA) is 89.9 Å². The minimum absolute atomic E-state index is 0.164. The van der Waals surface area contributed by atoms with Gasteiger partial charge in [0.15, 0.2) is 5.41 Å². The smallest absolute Gasteiger partial charge is 0.331 e. The number of methoxy groups -OCH3 is 2. The number of hydrogen-bond acceptors (Lipinski definition) is 5. The van der Waals surface area contributed by atoms with Crippen molar-refractivity contribution in [3.63, 3.8) is 0 Å². The predicted octanol–water partition coefficient (Wildman–Crippen LogP) is 0.760. The van der Waals surface area contributed by atoms with Crippen molar-refractivity contribution in [2.75, 3.05) is 14.2 Å². The Morgan fingerprint density at radius 3 is 2.11 bits per heavy atom. The fourth-order valence-electron chi connectivity index (χ4n) is 2.56. The second-order valence-corrected chi connectivity index (χ2v) is 4.23. The Morgan fingerprint density at radius 1 is 1.22 bits per heavy atom. The third-order valence-electron chi connectivity index (χ3n) is 3.45. The number of rotatable bonds is 4. The van der Waals surface area contributed by atoms with Crippen molar-refractivity contribution in [2.45, 2.75) is 19.3 Å². The van der Waals surface area contributed by atoms with Gasteiger partial charge in [-0.2, -0.15) is 0 Å². The molecule has 1 N–H and O–H groups in total. The molecule has 0 spiro atoms. The number of carboxylic acid groups (broad SMARTS) is 1. The predicted molar refractivity (Wildman–Crippen MR) is 60.6 cm³/mol. The second kappa shape index (κ2) is 5.20. The van der Waals surface area contributed by atoms with Gasteiger partial charge in [-0.25, -0.2) is 4.79 Å². The number of carbonyl (C=O) groups excluding carboxylic acids is 2. The van der Waals surface area contributed by atoms with Gasteiger partial charge in [0.2, 0.25) is 0 Å². The van der Waals surface area contributed by atoms with Crippen LogP contribution in [0, 0.1) is 11.3 Å². The first-order valence-corrected chi connectivity index (χ1v) is 5.50. The van der Waals surface area contributed by atoms with E-state index in [0.29, 0.717) is 12.8 Å². The molecule has 0 radical (unpaired) electrons. The van der Waals surface area contributed by atoms with Gasteiger partial charge in [-0.15, -0.1) is 0 Å². The van der Waals surface area contributed by atoms with Gasteiger partial charge in [-0.1, -0.05) is 13.0 Å². The van der Waals surface area contributed by atoms with Crippen LogP contribution < -0.4 is 0 Å². The molecule has 0 amide bonds. The number of carbonyl (C=O) groups is 3. The maximum atomic E-state index is 11.9. The van der Waals surface area contributed by atoms with E-state index in [-0.39, 0.29) is 12.0 Å². The molecule has 0 heterocycles. The Labute approximate surface area is 105 Å². The molecule has 1 aliphatic rings. The lowest BCUT2D eigenvalue weighted by Crippen LogP contribution is -2.45. The summed E-state index contributed by atoms with van der Waals surface area (Å²) < 4.78 is 9.29. The first-order chi connectivity index (χ1) is 8.41. The molecule has 0 aromatic heterocycles. The Kier molecular flexibility index (Phi) is 4.11. The van der Waals surface area contributed by atoms with Crippen molar-refractivity contribution in [3.8, 4) is 0 Å². The summed E-state index contributed by atoms with van der Waals surface area (Å²) in [5.41, 5.74) is -1.73. The van der Waals surface area contributed by atoms with Crippen molar-refractivity contribution < 1.29 is 29.0 Å². The van der Waals surface area contributed by atoms with Gasteiger partial charge in [0, 0.05) is 11.5 Å². The molecular formula is C12H16O6. The molecule has 0 aliphatic heterocycles. The van der Waals surface area contributed by atoms with Crippen LogP contribution in [0.3, 0.4) is 0 Å². The van der Waals surface area contributed by atoms with Gasteiger partial charge in [0.05, 0.1) is 14.2 Å². The normalized spacial score (nSPS) is 21.1. The maximum absolute atomic E-state index is 11.9. The van der Waals surface area contributed by atoms with Crippen molar-refractivity contribution in [1.82, 2.24) is 0 Å². The van der Waals surface area contributed by atoms with Gasteiger partial charge in [-0.3, -0.25) is 9.59 Å². The molecule has 1 unspecified atom stereocenters. The quantitative estimate of drug-likeness (QED) is 0.453. The fraction of sp³-hybridized carbons (Fsp3) is 0.583. The molecule has 0 aromatic rings. The van der Waals surface area contributed by atoms with Gasteiger partial charge in [0.25, 0.3) is 0 Å². The van der Waals surface area contributed by atoms with E-state index < -0.39 is 29.2 Å². The lowest BCUT2D eigenvalue weighted by Gasteiger charge is -2.29. The Hall–Kier alpha value is -1.85. The molecule has 18 heavy (non-hydrogen) atoms. The number of carboxylic acids is 1. The molecule has 6 heteroatoms. The molecule has 0 bridgehead atoms. The van der Waals surface area contributed by atoms with E-state index in [9.17, 15) is 14.4 Å². The third-order valence-corrected chi connectivity index (χ3v) is 3.45. The lowest BCUT2D eigenvalue weighted by molar-refractivity contribution is -0.171. The minimum atomic E-state index is -1.57. The van der Waals surface area contributed by atoms with Crippen molar-refractivity contribution in [2.24, 2.45) is 11.3 Å². The average molecular weight is 256 g/mol. The highest BCUT2D eigenvalue weighted by Gasteiger charge is 2.58. The molecule has 1 atom stereocenters. The summed E-state index contributed by atoms with van der Waals surface area (Å²) in [6.07, 6.45) is 1.15. The van der Waals surface area contributed by atoms with Crippen LogP contribution in [0.2, 0.25) is 0 Å². The Bertz CT molecular complexity index is 381. The summed E-state index contributed by atoms with van der Waals surface area (Å²) in [6, 6.07) is 0. The number of hydrogen-bond donors (Lipinski definition) is 1. The molecule has 0 saturated heterocycles. The third kappa shape index (κ3) is 1.98. The summed E-state index contributed by atoms with van der Waals surface area (Å²) in [5, 5.41) is 8.98.